The topological polar surface area (TPSA) is 108 Å². The second kappa shape index (κ2) is 12.7. The number of rotatable bonds is 4. The van der Waals surface area contributed by atoms with Crippen LogP contribution in [0.2, 0.25) is 0 Å². The first-order chi connectivity index (χ1) is 15.1. The predicted molar refractivity (Wildman–Crippen MR) is 120 cm³/mol. The van der Waals surface area contributed by atoms with Crippen molar-refractivity contribution in [3.8, 4) is 11.5 Å². The number of nitrogens with zero attached hydrogens (tertiary/aromatic N) is 1. The van der Waals surface area contributed by atoms with E-state index in [0.717, 1.165) is 28.1 Å². The maximum atomic E-state index is 11.5. The Morgan fingerprint density at radius 2 is 1.72 bits per heavy atom. The average Bonchev–Trinajstić information content (AvgIpc) is 3.20. The quantitative estimate of drug-likeness (QED) is 0.475. The summed E-state index contributed by atoms with van der Waals surface area (Å²) in [6.45, 7) is 7.53. The highest BCUT2D eigenvalue weighted by atomic mass is 16.6. The molecule has 0 aliphatic carbocycles. The molecule has 32 heavy (non-hydrogen) atoms. The highest BCUT2D eigenvalue weighted by Gasteiger charge is 2.13. The minimum absolute atomic E-state index is 0.250. The van der Waals surface area contributed by atoms with Crippen LogP contribution in [-0.4, -0.2) is 41.9 Å². The number of fused-ring (bicyclic) bond motifs is 1. The highest BCUT2D eigenvalue weighted by molar-refractivity contribution is 5.88. The maximum Gasteiger partial charge on any atom is 0.373 e. The third kappa shape index (κ3) is 9.28. The van der Waals surface area contributed by atoms with Gasteiger partial charge in [-0.1, -0.05) is 6.07 Å². The number of hydrogen-bond acceptors (Lipinski definition) is 7. The minimum atomic E-state index is -0.468. The van der Waals surface area contributed by atoms with Crippen LogP contribution in [0.5, 0.6) is 11.5 Å². The average molecular weight is 440 g/mol. The molecule has 0 aliphatic heterocycles. The Labute approximate surface area is 187 Å². The molecule has 2 aromatic heterocycles. The number of carbonyl (C=O) groups excluding carboxylic acids is 3. The number of hydrogen-bond donors (Lipinski definition) is 1. The normalized spacial score (nSPS) is 10.3. The van der Waals surface area contributed by atoms with Gasteiger partial charge in [0.1, 0.15) is 11.2 Å². The van der Waals surface area contributed by atoms with E-state index in [1.807, 2.05) is 64.2 Å². The van der Waals surface area contributed by atoms with Gasteiger partial charge in [0.2, 0.25) is 0 Å². The van der Waals surface area contributed by atoms with Crippen LogP contribution in [-0.2, 0) is 19.1 Å². The lowest BCUT2D eigenvalue weighted by molar-refractivity contribution is -0.191. The van der Waals surface area contributed by atoms with Crippen molar-refractivity contribution < 1.29 is 28.6 Å². The number of benzene rings is 1. The number of pyridine rings is 1. The molecular weight excluding hydrogens is 412 g/mol. The van der Waals surface area contributed by atoms with Gasteiger partial charge in [0.15, 0.2) is 11.5 Å². The van der Waals surface area contributed by atoms with Gasteiger partial charge in [0, 0.05) is 23.9 Å². The maximum absolute atomic E-state index is 11.5. The van der Waals surface area contributed by atoms with Gasteiger partial charge in [-0.15, -0.1) is 0 Å². The Balaban J connectivity index is 0.000000312. The van der Waals surface area contributed by atoms with E-state index in [9.17, 15) is 4.79 Å². The first-order valence-corrected chi connectivity index (χ1v) is 9.65. The predicted octanol–water partition coefficient (Wildman–Crippen LogP) is 4.35. The van der Waals surface area contributed by atoms with Crippen molar-refractivity contribution >= 4 is 29.2 Å². The molecule has 0 unspecified atom stereocenters. The van der Waals surface area contributed by atoms with E-state index >= 15 is 0 Å². The first-order valence-electron chi connectivity index (χ1n) is 9.65. The third-order valence-corrected chi connectivity index (χ3v) is 3.78. The van der Waals surface area contributed by atoms with E-state index in [1.165, 1.54) is 11.6 Å². The fourth-order valence-corrected chi connectivity index (χ4v) is 2.49. The summed E-state index contributed by atoms with van der Waals surface area (Å²) >= 11 is 0. The zero-order valence-electron chi connectivity index (χ0n) is 19.1. The molecule has 0 saturated carbocycles. The molecule has 8 nitrogen and oxygen atoms in total. The van der Waals surface area contributed by atoms with Crippen molar-refractivity contribution in [1.29, 1.82) is 0 Å². The standard InChI is InChI=1S/C14H16N2O2.C9H12O2.CO2/c1-14(2,3)18-12(17)5-4-10-8-11-6-7-15-13(11)16-9-10;1-7-4-5-8(10-2)9(6-7)11-3;2-1-3/h4-9H,1-3H3,(H,15,16);4-6H,1-3H3;/b5-4+;;. The molecule has 0 saturated heterocycles. The SMILES string of the molecule is CC(C)(C)OC(=O)/C=C/c1cnc2[nH]ccc2c1.COc1ccc(C)cc1OC.O=C=O. The van der Waals surface area contributed by atoms with E-state index in [-0.39, 0.29) is 12.1 Å². The zero-order chi connectivity index (χ0) is 24.1. The summed E-state index contributed by atoms with van der Waals surface area (Å²) in [7, 11) is 3.27. The van der Waals surface area contributed by atoms with Gasteiger partial charge in [-0.05, 0) is 69.2 Å². The van der Waals surface area contributed by atoms with Gasteiger partial charge in [-0.25, -0.2) is 9.78 Å². The molecule has 0 amide bonds. The van der Waals surface area contributed by atoms with Gasteiger partial charge in [0.25, 0.3) is 0 Å². The van der Waals surface area contributed by atoms with Crippen molar-refractivity contribution in [1.82, 2.24) is 9.97 Å². The van der Waals surface area contributed by atoms with E-state index in [1.54, 1.807) is 26.5 Å². The molecule has 1 aromatic carbocycles. The van der Waals surface area contributed by atoms with Crippen molar-refractivity contribution in [2.75, 3.05) is 14.2 Å². The van der Waals surface area contributed by atoms with Crippen molar-refractivity contribution in [2.24, 2.45) is 0 Å². The molecule has 8 heteroatoms. The van der Waals surface area contributed by atoms with Crippen LogP contribution >= 0.6 is 0 Å². The summed E-state index contributed by atoms with van der Waals surface area (Å²) in [5, 5.41) is 1.02. The Bertz CT molecular complexity index is 1070. The molecule has 1 N–H and O–H groups in total. The summed E-state index contributed by atoms with van der Waals surface area (Å²) in [5.74, 6) is 1.21. The van der Waals surface area contributed by atoms with E-state index in [0.29, 0.717) is 0 Å². The molecule has 2 heterocycles. The minimum Gasteiger partial charge on any atom is -0.493 e. The Morgan fingerprint density at radius 1 is 1.06 bits per heavy atom. The molecule has 0 spiro atoms. The van der Waals surface area contributed by atoms with Gasteiger partial charge in [0.05, 0.1) is 14.2 Å². The van der Waals surface area contributed by atoms with E-state index < -0.39 is 5.60 Å². The van der Waals surface area contributed by atoms with Crippen LogP contribution < -0.4 is 9.47 Å². The fraction of sp³-hybridized carbons (Fsp3) is 0.292. The molecule has 0 atom stereocenters. The molecule has 0 aliphatic rings. The highest BCUT2D eigenvalue weighted by Crippen LogP contribution is 2.26. The van der Waals surface area contributed by atoms with Crippen molar-refractivity contribution in [2.45, 2.75) is 33.3 Å². The van der Waals surface area contributed by atoms with E-state index in [2.05, 4.69) is 9.97 Å². The zero-order valence-corrected chi connectivity index (χ0v) is 19.1. The lowest BCUT2D eigenvalue weighted by Gasteiger charge is -2.17. The van der Waals surface area contributed by atoms with Crippen LogP contribution in [0.4, 0.5) is 0 Å². The van der Waals surface area contributed by atoms with Crippen LogP contribution in [0.15, 0.2) is 48.8 Å². The number of esters is 1. The smallest absolute Gasteiger partial charge is 0.373 e. The molecule has 170 valence electrons. The summed E-state index contributed by atoms with van der Waals surface area (Å²) in [6.07, 6.45) is 6.91. The monoisotopic (exact) mass is 440 g/mol. The van der Waals surface area contributed by atoms with Crippen LogP contribution in [0, 0.1) is 6.92 Å². The number of aromatic nitrogens is 2. The summed E-state index contributed by atoms with van der Waals surface area (Å²) in [6, 6.07) is 9.72. The molecule has 0 radical (unpaired) electrons. The van der Waals surface area contributed by atoms with Crippen LogP contribution in [0.25, 0.3) is 17.1 Å². The number of nitrogens with one attached hydrogen (secondary N) is 1. The summed E-state index contributed by atoms with van der Waals surface area (Å²) < 4.78 is 15.3. The second-order valence-electron chi connectivity index (χ2n) is 7.49. The largest absolute Gasteiger partial charge is 0.493 e. The second-order valence-corrected chi connectivity index (χ2v) is 7.49. The number of aromatic amines is 1. The summed E-state index contributed by atoms with van der Waals surface area (Å²) in [4.78, 5) is 35.0. The van der Waals surface area contributed by atoms with E-state index in [4.69, 9.17) is 23.8 Å². The lowest BCUT2D eigenvalue weighted by Crippen LogP contribution is -2.22. The summed E-state index contributed by atoms with van der Waals surface area (Å²) in [5.41, 5.74) is 2.41. The van der Waals surface area contributed by atoms with Gasteiger partial charge < -0.3 is 19.2 Å². The van der Waals surface area contributed by atoms with Crippen molar-refractivity contribution in [3.05, 3.63) is 59.9 Å². The number of H-pyrrole nitrogens is 1. The number of methoxy groups -OCH3 is 2. The Hall–Kier alpha value is -3.90. The van der Waals surface area contributed by atoms with Gasteiger partial charge >= 0.3 is 12.1 Å². The molecular formula is C24H28N2O6. The Kier molecular flexibility index (Phi) is 10.4. The first kappa shape index (κ1) is 26.1. The number of aryl methyl sites for hydroxylation is 1. The number of carbonyl (C=O) groups is 1. The Morgan fingerprint density at radius 3 is 2.31 bits per heavy atom. The lowest BCUT2D eigenvalue weighted by atomic mass is 10.2. The molecule has 0 bridgehead atoms. The van der Waals surface area contributed by atoms with Crippen LogP contribution in [0.3, 0.4) is 0 Å². The van der Waals surface area contributed by atoms with Crippen molar-refractivity contribution in [3.63, 3.8) is 0 Å². The third-order valence-electron chi connectivity index (χ3n) is 3.78. The number of ether oxygens (including phenoxy) is 3. The van der Waals surface area contributed by atoms with Gasteiger partial charge in [-0.2, -0.15) is 9.59 Å². The molecule has 0 fully saturated rings. The molecule has 3 aromatic rings. The fourth-order valence-electron chi connectivity index (χ4n) is 2.49. The van der Waals surface area contributed by atoms with Crippen LogP contribution in [0.1, 0.15) is 31.9 Å². The molecule has 3 rings (SSSR count). The van der Waals surface area contributed by atoms with Gasteiger partial charge in [-0.3, -0.25) is 0 Å².